The van der Waals surface area contributed by atoms with Crippen molar-refractivity contribution in [2.75, 3.05) is 0 Å². The van der Waals surface area contributed by atoms with E-state index in [0.29, 0.717) is 21.1 Å². The van der Waals surface area contributed by atoms with E-state index in [0.717, 1.165) is 0 Å². The second kappa shape index (κ2) is 4.51. The van der Waals surface area contributed by atoms with Crippen molar-refractivity contribution < 1.29 is 4.21 Å². The number of fused-ring (bicyclic) bond motifs is 1. The highest BCUT2D eigenvalue weighted by atomic mass is 35.5. The molecule has 3 rings (SSSR count). The fourth-order valence-electron chi connectivity index (χ4n) is 1.68. The van der Waals surface area contributed by atoms with Gasteiger partial charge in [-0.3, -0.25) is 0 Å². The molecule has 4 nitrogen and oxygen atoms in total. The third kappa shape index (κ3) is 1.81. The van der Waals surface area contributed by atoms with Crippen LogP contribution < -0.4 is 0 Å². The molecule has 90 valence electrons. The molecule has 6 heteroatoms. The molecule has 1 unspecified atom stereocenters. The van der Waals surface area contributed by atoms with Gasteiger partial charge in [0.1, 0.15) is 11.5 Å². The van der Waals surface area contributed by atoms with Crippen LogP contribution in [0.2, 0.25) is 5.15 Å². The van der Waals surface area contributed by atoms with Crippen molar-refractivity contribution in [1.82, 2.24) is 13.9 Å². The van der Waals surface area contributed by atoms with E-state index in [-0.39, 0.29) is 0 Å². The van der Waals surface area contributed by atoms with Crippen LogP contribution >= 0.6 is 11.6 Å². The second-order valence-electron chi connectivity index (χ2n) is 3.61. The van der Waals surface area contributed by atoms with Gasteiger partial charge >= 0.3 is 0 Å². The quantitative estimate of drug-likeness (QED) is 0.677. The van der Waals surface area contributed by atoms with Gasteiger partial charge < -0.3 is 0 Å². The molecule has 1 aromatic carbocycles. The molecule has 3 aromatic rings. The molecule has 0 saturated heterocycles. The highest BCUT2D eigenvalue weighted by Gasteiger charge is 2.12. The van der Waals surface area contributed by atoms with Crippen LogP contribution in [0.3, 0.4) is 0 Å². The van der Waals surface area contributed by atoms with Gasteiger partial charge in [0, 0.05) is 6.20 Å². The van der Waals surface area contributed by atoms with E-state index >= 15 is 0 Å². The minimum absolute atomic E-state index is 0.365. The highest BCUT2D eigenvalue weighted by molar-refractivity contribution is 7.83. The highest BCUT2D eigenvalue weighted by Crippen LogP contribution is 2.22. The average molecular weight is 278 g/mol. The Morgan fingerprint density at radius 1 is 1.11 bits per heavy atom. The molecule has 2 aromatic heterocycles. The summed E-state index contributed by atoms with van der Waals surface area (Å²) in [5.41, 5.74) is 0.567. The van der Waals surface area contributed by atoms with Crippen molar-refractivity contribution in [2.24, 2.45) is 0 Å². The molecule has 0 radical (unpaired) electrons. The summed E-state index contributed by atoms with van der Waals surface area (Å²) in [5.74, 6) is 0. The fourth-order valence-corrected chi connectivity index (χ4v) is 2.96. The van der Waals surface area contributed by atoms with Crippen molar-refractivity contribution in [3.63, 3.8) is 0 Å². The van der Waals surface area contributed by atoms with Gasteiger partial charge in [0.2, 0.25) is 0 Å². The first-order valence-corrected chi connectivity index (χ1v) is 6.71. The van der Waals surface area contributed by atoms with Crippen molar-refractivity contribution >= 4 is 33.6 Å². The normalized spacial score (nSPS) is 12.7. The minimum Gasteiger partial charge on any atom is -0.246 e. The van der Waals surface area contributed by atoms with E-state index in [1.807, 2.05) is 30.3 Å². The third-order valence-corrected chi connectivity index (χ3v) is 4.15. The summed E-state index contributed by atoms with van der Waals surface area (Å²) in [5, 5.41) is 1.06. The predicted molar refractivity (Wildman–Crippen MR) is 70.8 cm³/mol. The summed E-state index contributed by atoms with van der Waals surface area (Å²) < 4.78 is 14.0. The fraction of sp³-hybridized carbons (Fsp3) is 0. The van der Waals surface area contributed by atoms with Crippen LogP contribution in [0.1, 0.15) is 0 Å². The van der Waals surface area contributed by atoms with E-state index < -0.39 is 11.0 Å². The Morgan fingerprint density at radius 2 is 1.89 bits per heavy atom. The average Bonchev–Trinajstić information content (AvgIpc) is 2.84. The Morgan fingerprint density at radius 3 is 2.67 bits per heavy atom. The molecule has 18 heavy (non-hydrogen) atoms. The van der Waals surface area contributed by atoms with Gasteiger partial charge in [0.25, 0.3) is 0 Å². The van der Waals surface area contributed by atoms with Crippen molar-refractivity contribution in [3.05, 3.63) is 54.1 Å². The largest absolute Gasteiger partial charge is 0.246 e. The summed E-state index contributed by atoms with van der Waals surface area (Å²) in [6, 6.07) is 11.0. The molecule has 0 fully saturated rings. The topological polar surface area (TPSA) is 47.8 Å². The Bertz CT molecular complexity index is 727. The summed E-state index contributed by atoms with van der Waals surface area (Å²) in [6.45, 7) is 0. The summed E-state index contributed by atoms with van der Waals surface area (Å²) in [7, 11) is -1.33. The predicted octanol–water partition coefficient (Wildman–Crippen LogP) is 2.66. The minimum atomic E-state index is -1.33. The lowest BCUT2D eigenvalue weighted by Crippen LogP contribution is -2.04. The standard InChI is InChI=1S/C12H8ClN3OS/c13-11-10-6-7-16(12(10)15-8-14-11)18(17)9-4-2-1-3-5-9/h1-8H. The number of halogens is 1. The number of nitrogens with zero attached hydrogens (tertiary/aromatic N) is 3. The lowest BCUT2D eigenvalue weighted by Gasteiger charge is -2.04. The van der Waals surface area contributed by atoms with Crippen LogP contribution in [-0.4, -0.2) is 18.1 Å². The van der Waals surface area contributed by atoms with Gasteiger partial charge in [-0.25, -0.2) is 18.1 Å². The maximum Gasteiger partial charge on any atom is 0.158 e. The number of aromatic nitrogens is 3. The van der Waals surface area contributed by atoms with Gasteiger partial charge in [0.15, 0.2) is 16.6 Å². The van der Waals surface area contributed by atoms with E-state index in [1.54, 1.807) is 16.2 Å². The maximum absolute atomic E-state index is 12.4. The molecule has 0 aliphatic rings. The summed E-state index contributed by atoms with van der Waals surface area (Å²) >= 11 is 5.96. The van der Waals surface area contributed by atoms with E-state index in [9.17, 15) is 4.21 Å². The van der Waals surface area contributed by atoms with Crippen LogP contribution in [0.25, 0.3) is 11.0 Å². The SMILES string of the molecule is O=S(c1ccccc1)n1ccc2c(Cl)ncnc21. The Labute approximate surface area is 111 Å². The van der Waals surface area contributed by atoms with Gasteiger partial charge in [-0.15, -0.1) is 0 Å². The molecule has 0 aliphatic heterocycles. The van der Waals surface area contributed by atoms with Crippen LogP contribution in [0.15, 0.2) is 53.8 Å². The number of rotatable bonds is 2. The molecule has 0 bridgehead atoms. The smallest absolute Gasteiger partial charge is 0.158 e. The molecule has 2 heterocycles. The summed E-state index contributed by atoms with van der Waals surface area (Å²) in [4.78, 5) is 8.73. The molecule has 0 spiro atoms. The molecule has 1 atom stereocenters. The zero-order chi connectivity index (χ0) is 12.5. The van der Waals surface area contributed by atoms with Crippen LogP contribution in [0.4, 0.5) is 0 Å². The number of benzene rings is 1. The number of hydrogen-bond acceptors (Lipinski definition) is 3. The molecule has 0 aliphatic carbocycles. The lowest BCUT2D eigenvalue weighted by molar-refractivity contribution is 0.678. The maximum atomic E-state index is 12.4. The monoisotopic (exact) mass is 277 g/mol. The molecule has 0 N–H and O–H groups in total. The van der Waals surface area contributed by atoms with Crippen LogP contribution in [0.5, 0.6) is 0 Å². The zero-order valence-electron chi connectivity index (χ0n) is 9.15. The van der Waals surface area contributed by atoms with Crippen molar-refractivity contribution in [1.29, 1.82) is 0 Å². The lowest BCUT2D eigenvalue weighted by atomic mass is 10.4. The second-order valence-corrected chi connectivity index (χ2v) is 5.33. The molecule has 0 saturated carbocycles. The molecular formula is C12H8ClN3OS. The summed E-state index contributed by atoms with van der Waals surface area (Å²) in [6.07, 6.45) is 3.07. The molecular weight excluding hydrogens is 270 g/mol. The first-order chi connectivity index (χ1) is 8.77. The number of hydrogen-bond donors (Lipinski definition) is 0. The zero-order valence-corrected chi connectivity index (χ0v) is 10.7. The van der Waals surface area contributed by atoms with Crippen molar-refractivity contribution in [2.45, 2.75) is 4.90 Å². The first kappa shape index (κ1) is 11.4. The van der Waals surface area contributed by atoms with Gasteiger partial charge in [-0.2, -0.15) is 0 Å². The Kier molecular flexibility index (Phi) is 2.85. The van der Waals surface area contributed by atoms with Gasteiger partial charge in [0.05, 0.1) is 10.3 Å². The van der Waals surface area contributed by atoms with Crippen molar-refractivity contribution in [3.8, 4) is 0 Å². The van der Waals surface area contributed by atoms with E-state index in [1.165, 1.54) is 6.33 Å². The van der Waals surface area contributed by atoms with Crippen LogP contribution in [-0.2, 0) is 11.0 Å². The van der Waals surface area contributed by atoms with Gasteiger partial charge in [-0.1, -0.05) is 29.8 Å². The first-order valence-electron chi connectivity index (χ1n) is 5.22. The van der Waals surface area contributed by atoms with Gasteiger partial charge in [-0.05, 0) is 18.2 Å². The molecule has 0 amide bonds. The Hall–Kier alpha value is -1.72. The third-order valence-electron chi connectivity index (χ3n) is 2.52. The van der Waals surface area contributed by atoms with E-state index in [4.69, 9.17) is 11.6 Å². The Balaban J connectivity index is 2.16. The van der Waals surface area contributed by atoms with Crippen LogP contribution in [0, 0.1) is 0 Å². The van der Waals surface area contributed by atoms with E-state index in [2.05, 4.69) is 9.97 Å².